The Kier molecular flexibility index (Phi) is 2.83. The zero-order chi connectivity index (χ0) is 3.58. The third kappa shape index (κ3) is 11.9. The van der Waals surface area contributed by atoms with Crippen LogP contribution in [-0.4, -0.2) is 0 Å². The first-order valence-corrected chi connectivity index (χ1v) is 5.00. The van der Waals surface area contributed by atoms with Crippen molar-refractivity contribution in [1.29, 1.82) is 0 Å². The maximum Gasteiger partial charge on any atom is 0.117 e. The standard InChI is InChI=1S/FH3P2S/c1-3(2)4/h3H,2H2. The van der Waals surface area contributed by atoms with Gasteiger partial charge in [-0.1, -0.05) is 20.7 Å². The highest BCUT2D eigenvalue weighted by molar-refractivity contribution is 8.31. The Morgan fingerprint density at radius 2 is 2.00 bits per heavy atom. The van der Waals surface area contributed by atoms with E-state index in [1.54, 1.807) is 0 Å². The lowest BCUT2D eigenvalue weighted by Crippen LogP contribution is -0.948. The SMILES string of the molecule is F[PH](P)=S. The molecule has 0 amide bonds. The average molecular weight is 116 g/mol. The predicted molar refractivity (Wildman–Crippen MR) is 26.5 cm³/mol. The first kappa shape index (κ1) is 5.01. The molecular formula is H3FP2S. The fraction of sp³-hybridized carbons (Fsp3) is 0. The Labute approximate surface area is 32.4 Å². The second kappa shape index (κ2) is 2.26. The molecule has 0 nitrogen and oxygen atoms in total. The van der Waals surface area contributed by atoms with E-state index < -0.39 is 6.70 Å². The Morgan fingerprint density at radius 3 is 2.00 bits per heavy atom. The molecule has 0 radical (unpaired) electrons. The summed E-state index contributed by atoms with van der Waals surface area (Å²) in [7, 11) is 1.91. The van der Waals surface area contributed by atoms with Crippen LogP contribution in [-0.2, 0) is 11.8 Å². The van der Waals surface area contributed by atoms with Gasteiger partial charge in [0.2, 0.25) is 0 Å². The molecular weight excluding hydrogens is 113 g/mol. The highest BCUT2D eigenvalue weighted by Gasteiger charge is 1.58. The van der Waals surface area contributed by atoms with Crippen molar-refractivity contribution in [3.63, 3.8) is 0 Å². The van der Waals surface area contributed by atoms with Gasteiger partial charge in [0.1, 0.15) is 6.70 Å². The number of hydrogen-bond donors (Lipinski definition) is 0. The molecule has 0 aliphatic rings. The molecule has 0 rings (SSSR count). The van der Waals surface area contributed by atoms with Crippen molar-refractivity contribution >= 4 is 27.4 Å². The highest BCUT2D eigenvalue weighted by Crippen LogP contribution is 2.30. The molecule has 0 heterocycles. The molecule has 26 valence electrons. The van der Waals surface area contributed by atoms with E-state index >= 15 is 0 Å². The van der Waals surface area contributed by atoms with Crippen LogP contribution in [0, 0.1) is 0 Å². The predicted octanol–water partition coefficient (Wildman–Crippen LogP) is 1.34. The lowest BCUT2D eigenvalue weighted by Gasteiger charge is -1.59. The lowest BCUT2D eigenvalue weighted by molar-refractivity contribution is 0.934. The van der Waals surface area contributed by atoms with Crippen LogP contribution in [0.1, 0.15) is 0 Å². The van der Waals surface area contributed by atoms with Gasteiger partial charge in [-0.3, -0.25) is 0 Å². The highest BCUT2D eigenvalue weighted by atomic mass is 32.6. The quantitative estimate of drug-likeness (QED) is 0.430. The first-order valence-electron chi connectivity index (χ1n) is 0.682. The van der Waals surface area contributed by atoms with E-state index in [1.807, 2.05) is 8.93 Å². The van der Waals surface area contributed by atoms with Crippen LogP contribution in [0.4, 0.5) is 4.20 Å². The van der Waals surface area contributed by atoms with Gasteiger partial charge < -0.3 is 0 Å². The molecule has 0 aliphatic carbocycles. The Morgan fingerprint density at radius 1 is 2.00 bits per heavy atom. The van der Waals surface area contributed by atoms with Crippen LogP contribution in [0.2, 0.25) is 0 Å². The van der Waals surface area contributed by atoms with Gasteiger partial charge in [0.15, 0.2) is 0 Å². The lowest BCUT2D eigenvalue weighted by atomic mass is 18.9. The van der Waals surface area contributed by atoms with E-state index in [0.29, 0.717) is 0 Å². The van der Waals surface area contributed by atoms with E-state index in [2.05, 4.69) is 11.8 Å². The normalized spacial score (nSPS) is 15.5. The maximum atomic E-state index is 10.9. The van der Waals surface area contributed by atoms with Crippen LogP contribution >= 0.6 is 15.6 Å². The summed E-state index contributed by atoms with van der Waals surface area (Å²) in [5.74, 6) is 0. The summed E-state index contributed by atoms with van der Waals surface area (Å²) < 4.78 is 10.9. The van der Waals surface area contributed by atoms with E-state index in [0.717, 1.165) is 0 Å². The van der Waals surface area contributed by atoms with Crippen molar-refractivity contribution in [2.45, 2.75) is 0 Å². The summed E-state index contributed by atoms with van der Waals surface area (Å²) >= 11 is 4.02. The molecule has 0 spiro atoms. The van der Waals surface area contributed by atoms with Gasteiger partial charge in [-0.05, 0) is 0 Å². The summed E-state index contributed by atoms with van der Waals surface area (Å²) in [6.07, 6.45) is 0. The van der Waals surface area contributed by atoms with Crippen molar-refractivity contribution < 1.29 is 4.20 Å². The Balaban J connectivity index is 2.80. The summed E-state index contributed by atoms with van der Waals surface area (Å²) in [6, 6.07) is 0. The molecule has 0 N–H and O–H groups in total. The van der Waals surface area contributed by atoms with Crippen LogP contribution in [0.15, 0.2) is 0 Å². The minimum Gasteiger partial charge on any atom is -0.217 e. The van der Waals surface area contributed by atoms with E-state index in [-0.39, 0.29) is 0 Å². The van der Waals surface area contributed by atoms with Crippen molar-refractivity contribution in [1.82, 2.24) is 0 Å². The van der Waals surface area contributed by atoms with Crippen LogP contribution in [0.25, 0.3) is 0 Å². The maximum absolute atomic E-state index is 10.9. The summed E-state index contributed by atoms with van der Waals surface area (Å²) in [6.45, 7) is -1.88. The fourth-order valence-electron chi connectivity index (χ4n) is 0. The molecule has 0 aliphatic heterocycles. The zero-order valence-electron chi connectivity index (χ0n) is 1.86. The minimum atomic E-state index is -1.88. The van der Waals surface area contributed by atoms with Gasteiger partial charge >= 0.3 is 0 Å². The number of rotatable bonds is 0. The van der Waals surface area contributed by atoms with E-state index in [9.17, 15) is 4.20 Å². The van der Waals surface area contributed by atoms with Gasteiger partial charge in [-0.25, -0.2) is 4.20 Å². The molecule has 4 heavy (non-hydrogen) atoms. The van der Waals surface area contributed by atoms with Crippen molar-refractivity contribution in [3.8, 4) is 0 Å². The zero-order valence-corrected chi connectivity index (χ0v) is 4.83. The Bertz CT molecular complexity index is 29.0. The largest absolute Gasteiger partial charge is 0.217 e. The fourth-order valence-corrected chi connectivity index (χ4v) is 0. The molecule has 0 saturated heterocycles. The molecule has 0 aromatic carbocycles. The summed E-state index contributed by atoms with van der Waals surface area (Å²) in [4.78, 5) is 0. The molecule has 0 saturated carbocycles. The first-order chi connectivity index (χ1) is 1.73. The van der Waals surface area contributed by atoms with Crippen molar-refractivity contribution in [2.75, 3.05) is 0 Å². The van der Waals surface area contributed by atoms with Crippen molar-refractivity contribution in [3.05, 3.63) is 0 Å². The molecule has 0 aromatic rings. The minimum absolute atomic E-state index is 1.88. The van der Waals surface area contributed by atoms with Crippen LogP contribution in [0.3, 0.4) is 0 Å². The van der Waals surface area contributed by atoms with Gasteiger partial charge in [-0.2, -0.15) is 0 Å². The van der Waals surface area contributed by atoms with Gasteiger partial charge in [-0.15, -0.1) is 0 Å². The topological polar surface area (TPSA) is 0 Å². The van der Waals surface area contributed by atoms with E-state index in [4.69, 9.17) is 0 Å². The monoisotopic (exact) mass is 116 g/mol. The van der Waals surface area contributed by atoms with Crippen LogP contribution in [0.5, 0.6) is 0 Å². The third-order valence-electron chi connectivity index (χ3n) is 0. The summed E-state index contributed by atoms with van der Waals surface area (Å²) in [5.41, 5.74) is 0. The van der Waals surface area contributed by atoms with Crippen LogP contribution < -0.4 is 0 Å². The van der Waals surface area contributed by atoms with E-state index in [1.165, 1.54) is 0 Å². The molecule has 0 bridgehead atoms. The van der Waals surface area contributed by atoms with Gasteiger partial charge in [0.25, 0.3) is 0 Å². The summed E-state index contributed by atoms with van der Waals surface area (Å²) in [5, 5.41) is 0. The number of halogens is 1. The van der Waals surface area contributed by atoms with Gasteiger partial charge in [0.05, 0.1) is 0 Å². The second-order valence-electron chi connectivity index (χ2n) is 0.304. The number of hydrogen-bond acceptors (Lipinski definition) is 1. The second-order valence-corrected chi connectivity index (χ2v) is 4.86. The molecule has 0 aromatic heterocycles. The smallest absolute Gasteiger partial charge is 0.117 e. The molecule has 4 heteroatoms. The molecule has 2 unspecified atom stereocenters. The third-order valence-corrected chi connectivity index (χ3v) is 0. The van der Waals surface area contributed by atoms with Gasteiger partial charge in [0, 0.05) is 0 Å². The molecule has 0 fully saturated rings. The van der Waals surface area contributed by atoms with Crippen molar-refractivity contribution in [2.24, 2.45) is 0 Å². The Hall–Kier alpha value is 1.01. The average Bonchev–Trinajstić information content (AvgIpc) is 0.811. The molecule has 2 atom stereocenters.